The third-order valence-electron chi connectivity index (χ3n) is 5.94. The van der Waals surface area contributed by atoms with E-state index in [1.165, 1.54) is 12.1 Å². The molecule has 1 aliphatic rings. The van der Waals surface area contributed by atoms with Gasteiger partial charge in [0.25, 0.3) is 5.91 Å². The molecule has 2 aromatic carbocycles. The molecule has 0 saturated heterocycles. The molecule has 1 heterocycles. The van der Waals surface area contributed by atoms with Gasteiger partial charge in [0.1, 0.15) is 18.1 Å². The van der Waals surface area contributed by atoms with Crippen LogP contribution in [0, 0.1) is 5.82 Å². The number of ether oxygens (including phenoxy) is 2. The van der Waals surface area contributed by atoms with Gasteiger partial charge in [-0.2, -0.15) is 13.2 Å². The van der Waals surface area contributed by atoms with Crippen LogP contribution in [0.4, 0.5) is 17.6 Å². The van der Waals surface area contributed by atoms with Crippen molar-refractivity contribution in [2.24, 2.45) is 0 Å². The van der Waals surface area contributed by atoms with Crippen LogP contribution in [0.2, 0.25) is 0 Å². The SMILES string of the molecule is CCOC(=O)Cn1c2c(c3cc(F)ccc31)C[C@@H](NC(=O)COc1ccc(C(F)(F)F)cc1)CC2. The summed E-state index contributed by atoms with van der Waals surface area (Å²) in [6, 6.07) is 8.26. The predicted octanol–water partition coefficient (Wildman–Crippen LogP) is 4.41. The minimum Gasteiger partial charge on any atom is -0.484 e. The van der Waals surface area contributed by atoms with Gasteiger partial charge in [-0.25, -0.2) is 4.39 Å². The number of fused-ring (bicyclic) bond motifs is 3. The Hall–Kier alpha value is -3.56. The summed E-state index contributed by atoms with van der Waals surface area (Å²) in [5, 5.41) is 3.56. The third kappa shape index (κ3) is 5.58. The Morgan fingerprint density at radius 1 is 1.14 bits per heavy atom. The molecule has 186 valence electrons. The Kier molecular flexibility index (Phi) is 7.00. The summed E-state index contributed by atoms with van der Waals surface area (Å²) in [6.07, 6.45) is -2.84. The van der Waals surface area contributed by atoms with E-state index in [1.54, 1.807) is 13.0 Å². The predicted molar refractivity (Wildman–Crippen MR) is 119 cm³/mol. The molecular weight excluding hydrogens is 468 g/mol. The summed E-state index contributed by atoms with van der Waals surface area (Å²) in [4.78, 5) is 24.6. The fourth-order valence-electron chi connectivity index (χ4n) is 4.42. The van der Waals surface area contributed by atoms with Crippen molar-refractivity contribution in [2.75, 3.05) is 13.2 Å². The van der Waals surface area contributed by atoms with Gasteiger partial charge in [0.05, 0.1) is 12.2 Å². The quantitative estimate of drug-likeness (QED) is 0.392. The maximum Gasteiger partial charge on any atom is 0.416 e. The van der Waals surface area contributed by atoms with E-state index in [-0.39, 0.29) is 37.5 Å². The first-order chi connectivity index (χ1) is 16.7. The molecule has 1 aromatic heterocycles. The Labute approximate surface area is 198 Å². The highest BCUT2D eigenvalue weighted by molar-refractivity contribution is 5.87. The minimum absolute atomic E-state index is 0.0172. The summed E-state index contributed by atoms with van der Waals surface area (Å²) in [5.74, 6) is -1.05. The number of alkyl halides is 3. The summed E-state index contributed by atoms with van der Waals surface area (Å²) in [5.41, 5.74) is 1.70. The highest BCUT2D eigenvalue weighted by atomic mass is 19.4. The van der Waals surface area contributed by atoms with Crippen molar-refractivity contribution in [3.63, 3.8) is 0 Å². The normalized spacial score (nSPS) is 15.5. The molecule has 10 heteroatoms. The van der Waals surface area contributed by atoms with Crippen molar-refractivity contribution in [3.05, 3.63) is 65.1 Å². The number of amides is 1. The van der Waals surface area contributed by atoms with E-state index in [2.05, 4.69) is 5.32 Å². The molecule has 1 aliphatic carbocycles. The van der Waals surface area contributed by atoms with E-state index >= 15 is 0 Å². The molecule has 0 unspecified atom stereocenters. The molecule has 1 amide bonds. The van der Waals surface area contributed by atoms with E-state index in [4.69, 9.17) is 9.47 Å². The zero-order valence-corrected chi connectivity index (χ0v) is 19.0. The van der Waals surface area contributed by atoms with E-state index in [1.807, 2.05) is 4.57 Å². The van der Waals surface area contributed by atoms with Crippen molar-refractivity contribution in [1.82, 2.24) is 9.88 Å². The third-order valence-corrected chi connectivity index (χ3v) is 5.94. The lowest BCUT2D eigenvalue weighted by Crippen LogP contribution is -2.41. The van der Waals surface area contributed by atoms with E-state index in [0.29, 0.717) is 24.6 Å². The summed E-state index contributed by atoms with van der Waals surface area (Å²) in [6.45, 7) is 1.65. The highest BCUT2D eigenvalue weighted by Crippen LogP contribution is 2.33. The number of carbonyl (C=O) groups is 2. The summed E-state index contributed by atoms with van der Waals surface area (Å²) in [7, 11) is 0. The highest BCUT2D eigenvalue weighted by Gasteiger charge is 2.30. The van der Waals surface area contributed by atoms with Crippen LogP contribution in [0.5, 0.6) is 5.75 Å². The van der Waals surface area contributed by atoms with Gasteiger partial charge >= 0.3 is 12.1 Å². The maximum atomic E-state index is 14.0. The molecule has 0 spiro atoms. The van der Waals surface area contributed by atoms with Crippen LogP contribution in [-0.2, 0) is 39.9 Å². The van der Waals surface area contributed by atoms with Crippen molar-refractivity contribution >= 4 is 22.8 Å². The van der Waals surface area contributed by atoms with E-state index in [0.717, 1.165) is 41.0 Å². The lowest BCUT2D eigenvalue weighted by atomic mass is 9.91. The second-order valence-electron chi connectivity index (χ2n) is 8.30. The van der Waals surface area contributed by atoms with Gasteiger partial charge in [-0.1, -0.05) is 0 Å². The molecule has 4 rings (SSSR count). The van der Waals surface area contributed by atoms with Crippen LogP contribution in [0.1, 0.15) is 30.2 Å². The van der Waals surface area contributed by atoms with Gasteiger partial charge < -0.3 is 19.4 Å². The Morgan fingerprint density at radius 2 is 1.89 bits per heavy atom. The number of hydrogen-bond acceptors (Lipinski definition) is 4. The fourth-order valence-corrected chi connectivity index (χ4v) is 4.42. The molecule has 3 aromatic rings. The van der Waals surface area contributed by atoms with Crippen molar-refractivity contribution < 1.29 is 36.6 Å². The van der Waals surface area contributed by atoms with E-state index < -0.39 is 23.5 Å². The van der Waals surface area contributed by atoms with Crippen molar-refractivity contribution in [3.8, 4) is 5.75 Å². The number of esters is 1. The molecule has 0 bridgehead atoms. The van der Waals surface area contributed by atoms with Gasteiger partial charge in [0.2, 0.25) is 0 Å². The van der Waals surface area contributed by atoms with E-state index in [9.17, 15) is 27.2 Å². The van der Waals surface area contributed by atoms with Crippen molar-refractivity contribution in [2.45, 2.75) is 44.9 Å². The molecule has 6 nitrogen and oxygen atoms in total. The Balaban J connectivity index is 1.43. The number of hydrogen-bond donors (Lipinski definition) is 1. The molecule has 0 fully saturated rings. The van der Waals surface area contributed by atoms with Crippen LogP contribution in [-0.4, -0.2) is 35.7 Å². The summed E-state index contributed by atoms with van der Waals surface area (Å²) >= 11 is 0. The van der Waals surface area contributed by atoms with Gasteiger partial charge in [-0.05, 0) is 74.2 Å². The van der Waals surface area contributed by atoms with Crippen molar-refractivity contribution in [1.29, 1.82) is 0 Å². The average molecular weight is 492 g/mol. The maximum absolute atomic E-state index is 14.0. The monoisotopic (exact) mass is 492 g/mol. The van der Waals surface area contributed by atoms with Gasteiger partial charge in [-0.15, -0.1) is 0 Å². The fraction of sp³-hybridized carbons (Fsp3) is 0.360. The molecule has 0 radical (unpaired) electrons. The second kappa shape index (κ2) is 9.97. The van der Waals surface area contributed by atoms with Gasteiger partial charge in [0, 0.05) is 22.6 Å². The number of nitrogens with zero attached hydrogens (tertiary/aromatic N) is 1. The molecular formula is C25H24F4N2O4. The first-order valence-electron chi connectivity index (χ1n) is 11.2. The largest absolute Gasteiger partial charge is 0.484 e. The Morgan fingerprint density at radius 3 is 2.57 bits per heavy atom. The number of nitrogens with one attached hydrogen (secondary N) is 1. The zero-order chi connectivity index (χ0) is 25.2. The summed E-state index contributed by atoms with van der Waals surface area (Å²) < 4.78 is 64.2. The molecule has 1 N–H and O–H groups in total. The topological polar surface area (TPSA) is 69.6 Å². The number of halogens is 4. The lowest BCUT2D eigenvalue weighted by molar-refractivity contribution is -0.143. The van der Waals surface area contributed by atoms with Crippen LogP contribution in [0.25, 0.3) is 10.9 Å². The van der Waals surface area contributed by atoms with Crippen LogP contribution in [0.15, 0.2) is 42.5 Å². The lowest BCUT2D eigenvalue weighted by Gasteiger charge is -2.25. The number of rotatable bonds is 7. The van der Waals surface area contributed by atoms with Gasteiger partial charge in [0.15, 0.2) is 6.61 Å². The molecule has 0 saturated carbocycles. The number of aromatic nitrogens is 1. The second-order valence-corrected chi connectivity index (χ2v) is 8.30. The number of carbonyl (C=O) groups excluding carboxylic acids is 2. The molecule has 35 heavy (non-hydrogen) atoms. The minimum atomic E-state index is -4.45. The smallest absolute Gasteiger partial charge is 0.416 e. The first-order valence-corrected chi connectivity index (χ1v) is 11.2. The van der Waals surface area contributed by atoms with Crippen LogP contribution >= 0.6 is 0 Å². The zero-order valence-electron chi connectivity index (χ0n) is 19.0. The average Bonchev–Trinajstić information content (AvgIpc) is 3.09. The van der Waals surface area contributed by atoms with Gasteiger partial charge in [-0.3, -0.25) is 9.59 Å². The first kappa shape index (κ1) is 24.6. The van der Waals surface area contributed by atoms with Crippen LogP contribution in [0.3, 0.4) is 0 Å². The standard InChI is InChI=1S/C25H24F4N2O4/c1-2-34-24(33)13-31-21-9-5-16(26)11-19(21)20-12-17(6-10-22(20)31)30-23(32)14-35-18-7-3-15(4-8-18)25(27,28)29/h3-5,7-9,11,17H,2,6,10,12-14H2,1H3,(H,30,32)/t17-/m0/s1. The van der Waals surface area contributed by atoms with Crippen LogP contribution < -0.4 is 10.1 Å². The number of benzene rings is 2. The molecule has 0 aliphatic heterocycles. The Bertz CT molecular complexity index is 1230. The molecule has 1 atom stereocenters.